The number of fused-ring (bicyclic) bond motifs is 1. The monoisotopic (exact) mass is 492 g/mol. The Labute approximate surface area is 199 Å². The van der Waals surface area contributed by atoms with Gasteiger partial charge in [-0.05, 0) is 30.5 Å². The molecule has 3 aromatic rings. The van der Waals surface area contributed by atoms with Crippen molar-refractivity contribution in [2.24, 2.45) is 0 Å². The van der Waals surface area contributed by atoms with Crippen LogP contribution in [-0.2, 0) is 4.74 Å². The van der Waals surface area contributed by atoms with E-state index in [2.05, 4.69) is 32.5 Å². The van der Waals surface area contributed by atoms with Crippen molar-refractivity contribution in [3.63, 3.8) is 0 Å². The smallest absolute Gasteiger partial charge is 0.191 e. The number of ether oxygens (including phenoxy) is 1. The van der Waals surface area contributed by atoms with E-state index >= 15 is 0 Å². The van der Waals surface area contributed by atoms with E-state index in [9.17, 15) is 15.3 Å². The SMILES string of the molecule is CCCSc1nc(NC2CC2c2ccc(Cl)cc2)c2nnn([C@@H]3O[C@H](CO)[C@@H](O)[C@H]3O)c2n1. The fourth-order valence-corrected chi connectivity index (χ4v) is 4.85. The van der Waals surface area contributed by atoms with Gasteiger partial charge < -0.3 is 25.4 Å². The Morgan fingerprint density at radius 3 is 2.70 bits per heavy atom. The van der Waals surface area contributed by atoms with Gasteiger partial charge in [-0.15, -0.1) is 5.10 Å². The highest BCUT2D eigenvalue weighted by Gasteiger charge is 2.45. The zero-order valence-corrected chi connectivity index (χ0v) is 19.4. The predicted molar refractivity (Wildman–Crippen MR) is 123 cm³/mol. The molecule has 4 N–H and O–H groups in total. The van der Waals surface area contributed by atoms with Crippen LogP contribution in [-0.4, -0.2) is 77.0 Å². The van der Waals surface area contributed by atoms with Crippen LogP contribution in [0.5, 0.6) is 0 Å². The van der Waals surface area contributed by atoms with E-state index in [-0.39, 0.29) is 6.04 Å². The summed E-state index contributed by atoms with van der Waals surface area (Å²) >= 11 is 7.53. The molecule has 6 atom stereocenters. The first-order valence-electron chi connectivity index (χ1n) is 10.9. The van der Waals surface area contributed by atoms with Gasteiger partial charge in [0.05, 0.1) is 6.61 Å². The number of rotatable bonds is 8. The van der Waals surface area contributed by atoms with E-state index in [1.165, 1.54) is 22.0 Å². The molecule has 33 heavy (non-hydrogen) atoms. The van der Waals surface area contributed by atoms with Gasteiger partial charge in [-0.1, -0.05) is 47.6 Å². The first kappa shape index (κ1) is 22.8. The third-order valence-electron chi connectivity index (χ3n) is 5.91. The quantitative estimate of drug-likeness (QED) is 0.272. The predicted octanol–water partition coefficient (Wildman–Crippen LogP) is 1.96. The Morgan fingerprint density at radius 1 is 1.21 bits per heavy atom. The lowest BCUT2D eigenvalue weighted by molar-refractivity contribution is -0.0575. The number of anilines is 1. The molecule has 0 radical (unpaired) electrons. The van der Waals surface area contributed by atoms with E-state index < -0.39 is 31.1 Å². The molecule has 1 saturated carbocycles. The van der Waals surface area contributed by atoms with Crippen LogP contribution < -0.4 is 5.32 Å². The highest BCUT2D eigenvalue weighted by molar-refractivity contribution is 7.99. The van der Waals surface area contributed by atoms with Crippen LogP contribution in [0.2, 0.25) is 5.02 Å². The molecule has 0 spiro atoms. The first-order valence-corrected chi connectivity index (χ1v) is 12.3. The largest absolute Gasteiger partial charge is 0.394 e. The molecule has 2 unspecified atom stereocenters. The van der Waals surface area contributed by atoms with Gasteiger partial charge in [0, 0.05) is 22.7 Å². The van der Waals surface area contributed by atoms with Crippen molar-refractivity contribution in [3.8, 4) is 0 Å². The summed E-state index contributed by atoms with van der Waals surface area (Å²) in [5, 5.41) is 43.2. The number of hydrogen-bond donors (Lipinski definition) is 4. The summed E-state index contributed by atoms with van der Waals surface area (Å²) in [6.07, 6.45) is -2.53. The van der Waals surface area contributed by atoms with E-state index in [1.54, 1.807) is 0 Å². The number of hydrogen-bond acceptors (Lipinski definition) is 10. The second-order valence-corrected chi connectivity index (χ2v) is 9.78. The number of nitrogens with one attached hydrogen (secondary N) is 1. The zero-order valence-electron chi connectivity index (χ0n) is 17.9. The van der Waals surface area contributed by atoms with Crippen LogP contribution in [0.15, 0.2) is 29.4 Å². The van der Waals surface area contributed by atoms with E-state index in [1.807, 2.05) is 24.3 Å². The summed E-state index contributed by atoms with van der Waals surface area (Å²) in [5.74, 6) is 1.75. The molecule has 176 valence electrons. The molecular weight excluding hydrogens is 468 g/mol. The summed E-state index contributed by atoms with van der Waals surface area (Å²) in [6, 6.07) is 8.03. The van der Waals surface area contributed by atoms with Crippen LogP contribution in [0.4, 0.5) is 5.82 Å². The molecule has 10 nitrogen and oxygen atoms in total. The van der Waals surface area contributed by atoms with Gasteiger partial charge in [0.15, 0.2) is 28.4 Å². The molecule has 5 rings (SSSR count). The van der Waals surface area contributed by atoms with Gasteiger partial charge >= 0.3 is 0 Å². The van der Waals surface area contributed by atoms with E-state index in [4.69, 9.17) is 16.3 Å². The second kappa shape index (κ2) is 9.32. The highest BCUT2D eigenvalue weighted by atomic mass is 35.5. The van der Waals surface area contributed by atoms with Crippen molar-refractivity contribution < 1.29 is 20.1 Å². The fraction of sp³-hybridized carbons (Fsp3) is 0.524. The highest BCUT2D eigenvalue weighted by Crippen LogP contribution is 2.43. The van der Waals surface area contributed by atoms with Gasteiger partial charge in [-0.25, -0.2) is 9.97 Å². The standard InChI is InChI=1S/C21H25ClN6O4S/c1-2-7-33-21-24-18(23-13-8-12(13)10-3-5-11(22)6-4-10)15-19(25-21)28(27-26-15)20-17(31)16(30)14(9-29)32-20/h3-6,12-14,16-17,20,29-31H,2,7-9H2,1H3,(H,23,24,25)/t12?,13?,14-,16-,17-,20-/m1/s1. The Kier molecular flexibility index (Phi) is 6.43. The number of thioether (sulfide) groups is 1. The minimum atomic E-state index is -1.28. The summed E-state index contributed by atoms with van der Waals surface area (Å²) in [7, 11) is 0. The first-order chi connectivity index (χ1) is 16.0. The Morgan fingerprint density at radius 2 is 2.00 bits per heavy atom. The molecule has 0 amide bonds. The molecule has 1 saturated heterocycles. The third kappa shape index (κ3) is 4.41. The maximum absolute atomic E-state index is 10.5. The number of aromatic nitrogens is 5. The van der Waals surface area contributed by atoms with E-state index in [0.29, 0.717) is 33.1 Å². The zero-order chi connectivity index (χ0) is 23.1. The Balaban J connectivity index is 1.45. The lowest BCUT2D eigenvalue weighted by Crippen LogP contribution is -2.33. The molecule has 1 aliphatic carbocycles. The molecule has 1 aromatic carbocycles. The van der Waals surface area contributed by atoms with Crippen LogP contribution >= 0.6 is 23.4 Å². The van der Waals surface area contributed by atoms with Crippen LogP contribution in [0.3, 0.4) is 0 Å². The van der Waals surface area contributed by atoms with E-state index in [0.717, 1.165) is 18.6 Å². The summed E-state index contributed by atoms with van der Waals surface area (Å²) in [4.78, 5) is 9.28. The number of halogens is 1. The number of benzene rings is 1. The Hall–Kier alpha value is -2.02. The third-order valence-corrected chi connectivity index (χ3v) is 7.21. The van der Waals surface area contributed by atoms with Crippen molar-refractivity contribution >= 4 is 40.3 Å². The fourth-order valence-electron chi connectivity index (χ4n) is 4.03. The molecule has 0 bridgehead atoms. The summed E-state index contributed by atoms with van der Waals surface area (Å²) in [5.41, 5.74) is 2.05. The van der Waals surface area contributed by atoms with Crippen molar-refractivity contribution in [2.75, 3.05) is 17.7 Å². The van der Waals surface area contributed by atoms with Gasteiger partial charge in [0.1, 0.15) is 18.3 Å². The molecule has 2 aliphatic rings. The van der Waals surface area contributed by atoms with Crippen LogP contribution in [0, 0.1) is 0 Å². The molecule has 12 heteroatoms. The van der Waals surface area contributed by atoms with Gasteiger partial charge in [0.25, 0.3) is 0 Å². The maximum atomic E-state index is 10.5. The van der Waals surface area contributed by atoms with Gasteiger partial charge in [-0.3, -0.25) is 0 Å². The van der Waals surface area contributed by atoms with Crippen molar-refractivity contribution in [2.45, 2.75) is 61.4 Å². The average Bonchev–Trinajstić information content (AvgIpc) is 3.35. The lowest BCUT2D eigenvalue weighted by Gasteiger charge is -2.15. The van der Waals surface area contributed by atoms with Gasteiger partial charge in [0.2, 0.25) is 0 Å². The van der Waals surface area contributed by atoms with Crippen molar-refractivity contribution in [3.05, 3.63) is 34.9 Å². The second-order valence-electron chi connectivity index (χ2n) is 8.28. The molecule has 2 aromatic heterocycles. The number of aliphatic hydroxyl groups is 3. The lowest BCUT2D eigenvalue weighted by atomic mass is 10.1. The number of aliphatic hydroxyl groups excluding tert-OH is 3. The Bertz CT molecular complexity index is 1130. The molecule has 1 aliphatic heterocycles. The molecular formula is C21H25ClN6O4S. The molecule has 3 heterocycles. The molecule has 2 fully saturated rings. The van der Waals surface area contributed by atoms with Crippen LogP contribution in [0.25, 0.3) is 11.2 Å². The summed E-state index contributed by atoms with van der Waals surface area (Å²) in [6.45, 7) is 1.66. The topological polar surface area (TPSA) is 138 Å². The normalized spacial score (nSPS) is 29.0. The maximum Gasteiger partial charge on any atom is 0.191 e. The average molecular weight is 493 g/mol. The summed E-state index contributed by atoms with van der Waals surface area (Å²) < 4.78 is 6.99. The minimum absolute atomic E-state index is 0.187. The number of nitrogens with zero attached hydrogens (tertiary/aromatic N) is 5. The van der Waals surface area contributed by atoms with Crippen LogP contribution in [0.1, 0.15) is 37.5 Å². The minimum Gasteiger partial charge on any atom is -0.394 e. The van der Waals surface area contributed by atoms with Gasteiger partial charge in [-0.2, -0.15) is 4.68 Å². The van der Waals surface area contributed by atoms with Crippen molar-refractivity contribution in [1.29, 1.82) is 0 Å². The van der Waals surface area contributed by atoms with Crippen molar-refractivity contribution in [1.82, 2.24) is 25.0 Å².